The molecule has 0 spiro atoms. The fourth-order valence-corrected chi connectivity index (χ4v) is 3.30. The zero-order valence-electron chi connectivity index (χ0n) is 13.3. The Morgan fingerprint density at radius 1 is 1.12 bits per heavy atom. The normalized spacial score (nSPS) is 18.2. The van der Waals surface area contributed by atoms with Crippen LogP contribution in [-0.2, 0) is 0 Å². The van der Waals surface area contributed by atoms with Gasteiger partial charge in [0.15, 0.2) is 11.5 Å². The Morgan fingerprint density at radius 2 is 1.72 bits per heavy atom. The lowest BCUT2D eigenvalue weighted by Gasteiger charge is -2.36. The third kappa shape index (κ3) is 5.69. The van der Waals surface area contributed by atoms with E-state index in [9.17, 15) is 13.2 Å². The van der Waals surface area contributed by atoms with Crippen molar-refractivity contribution in [3.63, 3.8) is 0 Å². The smallest absolute Gasteiger partial charge is 0.389 e. The Labute approximate surface area is 161 Å². The molecule has 2 aliphatic heterocycles. The maximum Gasteiger partial charge on any atom is 0.389 e. The van der Waals surface area contributed by atoms with Gasteiger partial charge in [-0.1, -0.05) is 11.6 Å². The molecule has 1 fully saturated rings. The molecule has 0 aromatic heterocycles. The summed E-state index contributed by atoms with van der Waals surface area (Å²) < 4.78 is 48.7. The van der Waals surface area contributed by atoms with Crippen LogP contribution in [0.5, 0.6) is 11.5 Å². The van der Waals surface area contributed by atoms with E-state index in [4.69, 9.17) is 21.1 Å². The number of benzene rings is 1. The first-order valence-electron chi connectivity index (χ1n) is 7.54. The molecule has 0 bridgehead atoms. The van der Waals surface area contributed by atoms with Crippen LogP contribution < -0.4 is 14.8 Å². The molecule has 1 N–H and O–H groups in total. The van der Waals surface area contributed by atoms with Crippen LogP contribution in [0.25, 0.3) is 0 Å². The minimum Gasteiger partial charge on any atom is -0.454 e. The number of nitrogens with one attached hydrogen (secondary N) is 1. The third-order valence-electron chi connectivity index (χ3n) is 4.14. The average molecular weight is 424 g/mol. The predicted octanol–water partition coefficient (Wildman–Crippen LogP) is 4.20. The van der Waals surface area contributed by atoms with Crippen molar-refractivity contribution in [2.24, 2.45) is 0 Å². The Kier molecular flexibility index (Phi) is 8.41. The molecule has 2 heterocycles. The van der Waals surface area contributed by atoms with Crippen LogP contribution in [0.3, 0.4) is 0 Å². The molecule has 1 aromatic carbocycles. The van der Waals surface area contributed by atoms with E-state index in [1.54, 1.807) is 12.1 Å². The molecule has 0 aliphatic carbocycles. The predicted molar refractivity (Wildman–Crippen MR) is 94.5 cm³/mol. The van der Waals surface area contributed by atoms with Gasteiger partial charge in [0.2, 0.25) is 6.79 Å². The Balaban J connectivity index is 0.00000156. The standard InChI is InChI=1S/C15H18ClF3N2O2.2ClH/c16-11-8-14-13(22-9-23-14)7-10(11)12(1-2-15(17,18)19)21-5-3-20-4-6-21;;/h7-8,12,20H,1-6,9H2;2*1H/t12-;;/m0../s1. The highest BCUT2D eigenvalue weighted by atomic mass is 35.5. The molecule has 3 rings (SSSR count). The minimum atomic E-state index is -4.19. The fraction of sp³-hybridized carbons (Fsp3) is 0.600. The Bertz CT molecular complexity index is 570. The van der Waals surface area contributed by atoms with Crippen molar-refractivity contribution >= 4 is 36.4 Å². The first kappa shape index (κ1) is 22.4. The lowest BCUT2D eigenvalue weighted by Crippen LogP contribution is -2.45. The summed E-state index contributed by atoms with van der Waals surface area (Å²) in [5, 5.41) is 3.62. The highest BCUT2D eigenvalue weighted by Crippen LogP contribution is 2.42. The SMILES string of the molecule is Cl.Cl.FC(F)(F)CC[C@@H](c1cc2c(cc1Cl)OCO2)N1CCNCC1. The van der Waals surface area contributed by atoms with Crippen molar-refractivity contribution in [2.75, 3.05) is 33.0 Å². The number of fused-ring (bicyclic) bond motifs is 1. The third-order valence-corrected chi connectivity index (χ3v) is 4.47. The van der Waals surface area contributed by atoms with Crippen LogP contribution in [0.2, 0.25) is 5.02 Å². The van der Waals surface area contributed by atoms with E-state index < -0.39 is 12.6 Å². The molecule has 25 heavy (non-hydrogen) atoms. The fourth-order valence-electron chi connectivity index (χ4n) is 3.02. The first-order valence-corrected chi connectivity index (χ1v) is 7.92. The van der Waals surface area contributed by atoms with Gasteiger partial charge in [0.1, 0.15) is 0 Å². The van der Waals surface area contributed by atoms with E-state index in [1.165, 1.54) is 0 Å². The largest absolute Gasteiger partial charge is 0.454 e. The van der Waals surface area contributed by atoms with Gasteiger partial charge < -0.3 is 14.8 Å². The molecular weight excluding hydrogens is 404 g/mol. The zero-order valence-corrected chi connectivity index (χ0v) is 15.7. The van der Waals surface area contributed by atoms with E-state index in [1.807, 2.05) is 4.90 Å². The van der Waals surface area contributed by atoms with Crippen LogP contribution in [0.1, 0.15) is 24.4 Å². The quantitative estimate of drug-likeness (QED) is 0.787. The lowest BCUT2D eigenvalue weighted by atomic mass is 9.98. The van der Waals surface area contributed by atoms with Crippen LogP contribution in [0.15, 0.2) is 12.1 Å². The van der Waals surface area contributed by atoms with Gasteiger partial charge in [0.25, 0.3) is 0 Å². The summed E-state index contributed by atoms with van der Waals surface area (Å²) in [6.07, 6.45) is -5.05. The number of hydrogen-bond acceptors (Lipinski definition) is 4. The van der Waals surface area contributed by atoms with E-state index in [2.05, 4.69) is 5.32 Å². The van der Waals surface area contributed by atoms with Crippen molar-refractivity contribution in [3.8, 4) is 11.5 Å². The first-order chi connectivity index (χ1) is 10.9. The van der Waals surface area contributed by atoms with Crippen LogP contribution in [0.4, 0.5) is 13.2 Å². The Morgan fingerprint density at radius 3 is 2.32 bits per heavy atom. The second-order valence-corrected chi connectivity index (χ2v) is 6.09. The topological polar surface area (TPSA) is 33.7 Å². The molecule has 144 valence electrons. The highest BCUT2D eigenvalue weighted by molar-refractivity contribution is 6.31. The molecule has 1 aromatic rings. The van der Waals surface area contributed by atoms with Gasteiger partial charge in [-0.05, 0) is 18.1 Å². The van der Waals surface area contributed by atoms with Gasteiger partial charge >= 0.3 is 6.18 Å². The molecule has 1 saturated heterocycles. The van der Waals surface area contributed by atoms with Crippen molar-refractivity contribution in [3.05, 3.63) is 22.7 Å². The molecule has 0 unspecified atom stereocenters. The van der Waals surface area contributed by atoms with E-state index in [-0.39, 0.29) is 44.1 Å². The summed E-state index contributed by atoms with van der Waals surface area (Å²) in [5.41, 5.74) is 0.669. The number of halogens is 6. The number of rotatable bonds is 4. The van der Waals surface area contributed by atoms with Gasteiger partial charge in [-0.25, -0.2) is 0 Å². The van der Waals surface area contributed by atoms with Gasteiger partial charge in [-0.2, -0.15) is 13.2 Å². The number of ether oxygens (including phenoxy) is 2. The van der Waals surface area contributed by atoms with Crippen LogP contribution >= 0.6 is 36.4 Å². The Hall–Kier alpha value is -0.600. The van der Waals surface area contributed by atoms with Gasteiger partial charge in [0, 0.05) is 49.7 Å². The maximum absolute atomic E-state index is 12.7. The molecule has 2 aliphatic rings. The van der Waals surface area contributed by atoms with Gasteiger partial charge in [0.05, 0.1) is 0 Å². The van der Waals surface area contributed by atoms with E-state index in [0.29, 0.717) is 35.2 Å². The van der Waals surface area contributed by atoms with Gasteiger partial charge in [-0.15, -0.1) is 24.8 Å². The van der Waals surface area contributed by atoms with E-state index in [0.717, 1.165) is 13.1 Å². The molecule has 0 radical (unpaired) electrons. The number of alkyl halides is 3. The minimum absolute atomic E-state index is 0. The van der Waals surface area contributed by atoms with Crippen LogP contribution in [-0.4, -0.2) is 44.0 Å². The molecule has 0 saturated carbocycles. The van der Waals surface area contributed by atoms with Crippen LogP contribution in [0, 0.1) is 0 Å². The van der Waals surface area contributed by atoms with Crippen molar-refractivity contribution < 1.29 is 22.6 Å². The maximum atomic E-state index is 12.7. The van der Waals surface area contributed by atoms with Crippen molar-refractivity contribution in [1.82, 2.24) is 10.2 Å². The summed E-state index contributed by atoms with van der Waals surface area (Å²) in [4.78, 5) is 2.05. The van der Waals surface area contributed by atoms with Crippen molar-refractivity contribution in [1.29, 1.82) is 0 Å². The number of hydrogen-bond donors (Lipinski definition) is 1. The lowest BCUT2D eigenvalue weighted by molar-refractivity contribution is -0.138. The second kappa shape index (κ2) is 9.37. The zero-order chi connectivity index (χ0) is 16.4. The number of nitrogens with zero attached hydrogens (tertiary/aromatic N) is 1. The second-order valence-electron chi connectivity index (χ2n) is 5.68. The summed E-state index contributed by atoms with van der Waals surface area (Å²) >= 11 is 6.31. The number of piperazine rings is 1. The highest BCUT2D eigenvalue weighted by Gasteiger charge is 2.33. The molecule has 10 heteroatoms. The molecular formula is C15H20Cl3F3N2O2. The average Bonchev–Trinajstić information content (AvgIpc) is 2.94. The van der Waals surface area contributed by atoms with E-state index >= 15 is 0 Å². The summed E-state index contributed by atoms with van der Waals surface area (Å²) in [6, 6.07) is 2.95. The summed E-state index contributed by atoms with van der Waals surface area (Å²) in [7, 11) is 0. The van der Waals surface area contributed by atoms with Gasteiger partial charge in [-0.3, -0.25) is 4.90 Å². The summed E-state index contributed by atoms with van der Waals surface area (Å²) in [6.45, 7) is 2.99. The summed E-state index contributed by atoms with van der Waals surface area (Å²) in [5.74, 6) is 1.07. The monoisotopic (exact) mass is 422 g/mol. The molecule has 0 amide bonds. The molecule has 4 nitrogen and oxygen atoms in total. The van der Waals surface area contributed by atoms with Crippen molar-refractivity contribution in [2.45, 2.75) is 25.1 Å². The molecule has 1 atom stereocenters.